The lowest BCUT2D eigenvalue weighted by Gasteiger charge is -2.16. The van der Waals surface area contributed by atoms with E-state index in [2.05, 4.69) is 4.72 Å². The van der Waals surface area contributed by atoms with E-state index in [0.29, 0.717) is 21.8 Å². The van der Waals surface area contributed by atoms with Gasteiger partial charge in [-0.2, -0.15) is 0 Å². The van der Waals surface area contributed by atoms with E-state index in [4.69, 9.17) is 5.73 Å². The van der Waals surface area contributed by atoms with Gasteiger partial charge >= 0.3 is 0 Å². The van der Waals surface area contributed by atoms with Gasteiger partial charge in [-0.3, -0.25) is 4.72 Å². The zero-order valence-electron chi connectivity index (χ0n) is 12.7. The highest BCUT2D eigenvalue weighted by Crippen LogP contribution is 2.28. The van der Waals surface area contributed by atoms with Gasteiger partial charge in [0.2, 0.25) is 0 Å². The molecular weight excluding hydrogens is 284 g/mol. The molecule has 0 amide bonds. The van der Waals surface area contributed by atoms with Gasteiger partial charge in [0.15, 0.2) is 0 Å². The lowest BCUT2D eigenvalue weighted by molar-refractivity contribution is 0.600. The number of hydrogen-bond donors (Lipinski definition) is 2. The van der Waals surface area contributed by atoms with Crippen molar-refractivity contribution < 1.29 is 8.42 Å². The van der Waals surface area contributed by atoms with Crippen molar-refractivity contribution in [1.29, 1.82) is 0 Å². The van der Waals surface area contributed by atoms with Crippen LogP contribution in [0.4, 0.5) is 11.4 Å². The molecule has 2 rings (SSSR count). The van der Waals surface area contributed by atoms with Crippen LogP contribution in [0, 0.1) is 27.7 Å². The molecule has 0 fully saturated rings. The normalized spacial score (nSPS) is 11.4. The van der Waals surface area contributed by atoms with E-state index in [0.717, 1.165) is 16.7 Å². The SMILES string of the molecule is Cc1ccc(C)c(S(=O)(=O)Nc2c(C)ccc(N)c2C)c1. The number of hydrogen-bond acceptors (Lipinski definition) is 3. The Bertz CT molecular complexity index is 796. The fourth-order valence-electron chi connectivity index (χ4n) is 2.21. The van der Waals surface area contributed by atoms with Gasteiger partial charge in [0.25, 0.3) is 10.0 Å². The van der Waals surface area contributed by atoms with E-state index in [1.807, 2.05) is 39.0 Å². The van der Waals surface area contributed by atoms with Crippen molar-refractivity contribution in [2.45, 2.75) is 32.6 Å². The number of benzene rings is 2. The van der Waals surface area contributed by atoms with Crippen LogP contribution in [0.25, 0.3) is 0 Å². The summed E-state index contributed by atoms with van der Waals surface area (Å²) in [6.45, 7) is 7.32. The third kappa shape index (κ3) is 3.03. The standard InChI is InChI=1S/C16H20N2O2S/c1-10-5-6-11(2)15(9-10)21(19,20)18-16-12(3)7-8-14(17)13(16)4/h5-9,18H,17H2,1-4H3. The summed E-state index contributed by atoms with van der Waals surface area (Å²) < 4.78 is 27.9. The Morgan fingerprint density at radius 2 is 1.57 bits per heavy atom. The fourth-order valence-corrected chi connectivity index (χ4v) is 3.73. The van der Waals surface area contributed by atoms with Crippen LogP contribution in [0.3, 0.4) is 0 Å². The Balaban J connectivity index is 2.53. The predicted molar refractivity (Wildman–Crippen MR) is 87.1 cm³/mol. The van der Waals surface area contributed by atoms with Crippen LogP contribution in [0.2, 0.25) is 0 Å². The summed E-state index contributed by atoms with van der Waals surface area (Å²) in [6, 6.07) is 8.96. The molecule has 112 valence electrons. The summed E-state index contributed by atoms with van der Waals surface area (Å²) in [5, 5.41) is 0. The van der Waals surface area contributed by atoms with E-state index < -0.39 is 10.0 Å². The second-order valence-electron chi connectivity index (χ2n) is 5.35. The van der Waals surface area contributed by atoms with E-state index >= 15 is 0 Å². The molecule has 0 saturated carbocycles. The topological polar surface area (TPSA) is 72.2 Å². The van der Waals surface area contributed by atoms with Crippen LogP contribution < -0.4 is 10.5 Å². The second-order valence-corrected chi connectivity index (χ2v) is 7.00. The lowest BCUT2D eigenvalue weighted by atomic mass is 10.1. The Kier molecular flexibility index (Phi) is 3.96. The van der Waals surface area contributed by atoms with Crippen molar-refractivity contribution in [3.05, 3.63) is 52.6 Å². The first-order valence-corrected chi connectivity index (χ1v) is 8.16. The van der Waals surface area contributed by atoms with Crippen molar-refractivity contribution in [1.82, 2.24) is 0 Å². The largest absolute Gasteiger partial charge is 0.398 e. The van der Waals surface area contributed by atoms with Crippen molar-refractivity contribution >= 4 is 21.4 Å². The maximum Gasteiger partial charge on any atom is 0.262 e. The number of rotatable bonds is 3. The Morgan fingerprint density at radius 1 is 0.952 bits per heavy atom. The third-order valence-corrected chi connectivity index (χ3v) is 5.08. The second kappa shape index (κ2) is 5.41. The molecule has 0 heterocycles. The summed E-state index contributed by atoms with van der Waals surface area (Å²) in [7, 11) is -3.63. The number of nitrogens with one attached hydrogen (secondary N) is 1. The first kappa shape index (κ1) is 15.4. The van der Waals surface area contributed by atoms with Crippen LogP contribution in [0.15, 0.2) is 35.2 Å². The molecule has 21 heavy (non-hydrogen) atoms. The molecule has 0 bridgehead atoms. The maximum atomic E-state index is 12.6. The van der Waals surface area contributed by atoms with Gasteiger partial charge in [-0.25, -0.2) is 8.42 Å². The molecule has 2 aromatic rings. The molecule has 0 aliphatic heterocycles. The van der Waals surface area contributed by atoms with Crippen molar-refractivity contribution in [3.63, 3.8) is 0 Å². The molecule has 0 spiro atoms. The molecule has 0 aliphatic carbocycles. The summed E-state index contributed by atoms with van der Waals surface area (Å²) in [5.41, 5.74) is 10.2. The quantitative estimate of drug-likeness (QED) is 0.855. The Morgan fingerprint density at radius 3 is 2.24 bits per heavy atom. The van der Waals surface area contributed by atoms with Gasteiger partial charge in [-0.15, -0.1) is 0 Å². The molecule has 0 unspecified atom stereocenters. The average molecular weight is 304 g/mol. The maximum absolute atomic E-state index is 12.6. The molecule has 3 N–H and O–H groups in total. The van der Waals surface area contributed by atoms with Crippen LogP contribution in [-0.4, -0.2) is 8.42 Å². The van der Waals surface area contributed by atoms with Gasteiger partial charge in [0, 0.05) is 5.69 Å². The van der Waals surface area contributed by atoms with Crippen molar-refractivity contribution in [2.24, 2.45) is 0 Å². The Labute approximate surface area is 126 Å². The summed E-state index contributed by atoms with van der Waals surface area (Å²) >= 11 is 0. The fraction of sp³-hybridized carbons (Fsp3) is 0.250. The highest BCUT2D eigenvalue weighted by molar-refractivity contribution is 7.92. The minimum atomic E-state index is -3.63. The van der Waals surface area contributed by atoms with Gasteiger partial charge < -0.3 is 5.73 Å². The van der Waals surface area contributed by atoms with E-state index in [-0.39, 0.29) is 0 Å². The molecular formula is C16H20N2O2S. The van der Waals surface area contributed by atoms with E-state index in [9.17, 15) is 8.42 Å². The van der Waals surface area contributed by atoms with Crippen LogP contribution in [0.5, 0.6) is 0 Å². The van der Waals surface area contributed by atoms with E-state index in [1.165, 1.54) is 0 Å². The van der Waals surface area contributed by atoms with Gasteiger partial charge in [-0.05, 0) is 62.1 Å². The first-order valence-electron chi connectivity index (χ1n) is 6.68. The molecule has 0 radical (unpaired) electrons. The molecule has 0 aliphatic rings. The first-order chi connectivity index (χ1) is 9.72. The molecule has 5 heteroatoms. The molecule has 0 aromatic heterocycles. The van der Waals surface area contributed by atoms with Crippen LogP contribution >= 0.6 is 0 Å². The molecule has 4 nitrogen and oxygen atoms in total. The molecule has 0 atom stereocenters. The monoisotopic (exact) mass is 304 g/mol. The van der Waals surface area contributed by atoms with Gasteiger partial charge in [0.05, 0.1) is 10.6 Å². The van der Waals surface area contributed by atoms with Crippen LogP contribution in [-0.2, 0) is 10.0 Å². The van der Waals surface area contributed by atoms with Crippen LogP contribution in [0.1, 0.15) is 22.3 Å². The van der Waals surface area contributed by atoms with Crippen molar-refractivity contribution in [3.8, 4) is 0 Å². The number of aryl methyl sites for hydroxylation is 3. The number of nitrogens with two attached hydrogens (primary N) is 1. The minimum absolute atomic E-state index is 0.295. The van der Waals surface area contributed by atoms with Crippen molar-refractivity contribution in [2.75, 3.05) is 10.5 Å². The third-order valence-electron chi connectivity index (χ3n) is 3.58. The summed E-state index contributed by atoms with van der Waals surface area (Å²) in [5.74, 6) is 0. The summed E-state index contributed by atoms with van der Waals surface area (Å²) in [6.07, 6.45) is 0. The van der Waals surface area contributed by atoms with Gasteiger partial charge in [0.1, 0.15) is 0 Å². The lowest BCUT2D eigenvalue weighted by Crippen LogP contribution is -2.16. The zero-order valence-corrected chi connectivity index (χ0v) is 13.5. The number of sulfonamides is 1. The smallest absolute Gasteiger partial charge is 0.262 e. The molecule has 2 aromatic carbocycles. The number of nitrogen functional groups attached to an aromatic ring is 1. The predicted octanol–water partition coefficient (Wildman–Crippen LogP) is 3.30. The minimum Gasteiger partial charge on any atom is -0.398 e. The highest BCUT2D eigenvalue weighted by atomic mass is 32.2. The van der Waals surface area contributed by atoms with E-state index in [1.54, 1.807) is 19.1 Å². The Hall–Kier alpha value is -2.01. The van der Waals surface area contributed by atoms with Gasteiger partial charge in [-0.1, -0.05) is 18.2 Å². The summed E-state index contributed by atoms with van der Waals surface area (Å²) in [4.78, 5) is 0.295. The highest BCUT2D eigenvalue weighted by Gasteiger charge is 2.19. The molecule has 0 saturated heterocycles. The average Bonchev–Trinajstić information content (AvgIpc) is 2.42. The zero-order chi connectivity index (χ0) is 15.8. The number of anilines is 2.